The number of nitrogens with zero attached hydrogens (tertiary/aromatic N) is 1. The molecule has 0 amide bonds. The van der Waals surface area contributed by atoms with Gasteiger partial charge in [-0.3, -0.25) is 0 Å². The van der Waals surface area contributed by atoms with E-state index < -0.39 is 0 Å². The Morgan fingerprint density at radius 2 is 0.800 bits per heavy atom. The van der Waals surface area contributed by atoms with Gasteiger partial charge in [0.25, 0.3) is 0 Å². The van der Waals surface area contributed by atoms with Crippen LogP contribution in [0.4, 0.5) is 0 Å². The normalized spacial score (nSPS) is 11.6. The lowest BCUT2D eigenvalue weighted by atomic mass is 9.96. The molecule has 0 radical (unpaired) electrons. The topological polar surface area (TPSA) is 4.93 Å². The summed E-state index contributed by atoms with van der Waals surface area (Å²) < 4.78 is 2.37. The average molecular weight is 510 g/mol. The van der Waals surface area contributed by atoms with Crippen LogP contribution in [0.5, 0.6) is 0 Å². The van der Waals surface area contributed by atoms with Crippen molar-refractivity contribution in [3.63, 3.8) is 0 Å². The number of hydrogen-bond donors (Lipinski definition) is 0. The fourth-order valence-corrected chi connectivity index (χ4v) is 6.15. The fourth-order valence-electron chi connectivity index (χ4n) is 6.15. The van der Waals surface area contributed by atoms with E-state index in [1.54, 1.807) is 0 Å². The molecule has 0 aliphatic rings. The van der Waals surface area contributed by atoms with Crippen LogP contribution in [0.2, 0.25) is 0 Å². The van der Waals surface area contributed by atoms with Crippen molar-refractivity contribution in [1.82, 2.24) is 4.57 Å². The Morgan fingerprint density at radius 3 is 1.35 bits per heavy atom. The molecule has 0 spiro atoms. The Kier molecular flexibility index (Phi) is 5.11. The first-order valence-electron chi connectivity index (χ1n) is 13.8. The van der Waals surface area contributed by atoms with Crippen LogP contribution < -0.4 is 0 Å². The van der Waals surface area contributed by atoms with Crippen LogP contribution in [0.15, 0.2) is 146 Å². The number of aryl methyl sites for hydroxylation is 1. The highest BCUT2D eigenvalue weighted by atomic mass is 15.0. The van der Waals surface area contributed by atoms with Gasteiger partial charge in [0.05, 0.1) is 11.0 Å². The lowest BCUT2D eigenvalue weighted by Crippen LogP contribution is -1.93. The first kappa shape index (κ1) is 22.8. The number of benzene rings is 7. The largest absolute Gasteiger partial charge is 0.309 e. The quantitative estimate of drug-likeness (QED) is 0.223. The van der Waals surface area contributed by atoms with Crippen molar-refractivity contribution in [1.29, 1.82) is 0 Å². The van der Waals surface area contributed by atoms with E-state index in [1.807, 2.05) is 0 Å². The molecule has 0 saturated heterocycles. The van der Waals surface area contributed by atoms with Crippen molar-refractivity contribution in [3.05, 3.63) is 151 Å². The summed E-state index contributed by atoms with van der Waals surface area (Å²) in [5.74, 6) is 0. The lowest BCUT2D eigenvalue weighted by Gasteiger charge is -2.11. The minimum absolute atomic E-state index is 1.18. The molecule has 0 bridgehead atoms. The van der Waals surface area contributed by atoms with Crippen molar-refractivity contribution in [2.24, 2.45) is 0 Å². The average Bonchev–Trinajstić information content (AvgIpc) is 3.35. The molecule has 0 N–H and O–H groups in total. The highest BCUT2D eigenvalue weighted by Crippen LogP contribution is 2.34. The molecule has 0 saturated carbocycles. The van der Waals surface area contributed by atoms with Gasteiger partial charge < -0.3 is 4.57 Å². The van der Waals surface area contributed by atoms with Crippen LogP contribution in [-0.4, -0.2) is 4.57 Å². The highest BCUT2D eigenvalue weighted by Gasteiger charge is 2.11. The number of fused-ring (bicyclic) bond motifs is 5. The van der Waals surface area contributed by atoms with Crippen LogP contribution in [0.3, 0.4) is 0 Å². The Bertz CT molecular complexity index is 2160. The molecule has 8 rings (SSSR count). The molecular formula is C39H27N. The molecule has 40 heavy (non-hydrogen) atoms. The van der Waals surface area contributed by atoms with Gasteiger partial charge in [-0.25, -0.2) is 0 Å². The van der Waals surface area contributed by atoms with Crippen molar-refractivity contribution >= 4 is 43.4 Å². The minimum Gasteiger partial charge on any atom is -0.309 e. The molecule has 1 nitrogen and oxygen atoms in total. The Hall–Kier alpha value is -5.14. The summed E-state index contributed by atoms with van der Waals surface area (Å²) in [4.78, 5) is 0. The zero-order valence-corrected chi connectivity index (χ0v) is 22.3. The zero-order valence-electron chi connectivity index (χ0n) is 22.3. The molecule has 1 heterocycles. The van der Waals surface area contributed by atoms with Crippen molar-refractivity contribution in [2.75, 3.05) is 0 Å². The van der Waals surface area contributed by atoms with Crippen LogP contribution >= 0.6 is 0 Å². The smallest absolute Gasteiger partial charge is 0.0541 e. The summed E-state index contributed by atoms with van der Waals surface area (Å²) in [7, 11) is 0. The van der Waals surface area contributed by atoms with Crippen molar-refractivity contribution in [2.45, 2.75) is 6.92 Å². The molecular weight excluding hydrogens is 482 g/mol. The SMILES string of the molecule is Cc1ccc2cc(-c3ccc4cc(-c5ccc(-n6c7ccccc7c7ccccc76)cc5)ccc4c3)ccc2c1. The zero-order chi connectivity index (χ0) is 26.6. The van der Waals surface area contributed by atoms with E-state index in [9.17, 15) is 0 Å². The maximum Gasteiger partial charge on any atom is 0.0541 e. The molecule has 0 aliphatic carbocycles. The van der Waals surface area contributed by atoms with Crippen LogP contribution in [-0.2, 0) is 0 Å². The molecule has 1 aromatic heterocycles. The standard InChI is InChI=1S/C39H27N/c1-26-10-11-30-24-32(14-12-28(30)22-26)34-17-16-31-23-29(13-15-33(31)25-34)27-18-20-35(21-19-27)40-38-8-4-2-6-36(38)37-7-3-5-9-39(37)40/h2-25H,1H3. The molecule has 0 aliphatic heterocycles. The second kappa shape index (κ2) is 8.97. The molecule has 0 atom stereocenters. The van der Waals surface area contributed by atoms with E-state index in [0.717, 1.165) is 0 Å². The van der Waals surface area contributed by atoms with Gasteiger partial charge in [0, 0.05) is 16.5 Å². The van der Waals surface area contributed by atoms with Gasteiger partial charge in [0.1, 0.15) is 0 Å². The summed E-state index contributed by atoms with van der Waals surface area (Å²) in [6, 6.07) is 53.3. The highest BCUT2D eigenvalue weighted by molar-refractivity contribution is 6.09. The predicted molar refractivity (Wildman–Crippen MR) is 171 cm³/mol. The van der Waals surface area contributed by atoms with E-state index in [1.165, 1.54) is 76.9 Å². The van der Waals surface area contributed by atoms with Gasteiger partial charge in [-0.2, -0.15) is 0 Å². The first-order valence-corrected chi connectivity index (χ1v) is 13.8. The van der Waals surface area contributed by atoms with Gasteiger partial charge >= 0.3 is 0 Å². The Morgan fingerprint density at radius 1 is 0.375 bits per heavy atom. The summed E-state index contributed by atoms with van der Waals surface area (Å²) in [5, 5.41) is 7.65. The molecule has 0 fully saturated rings. The van der Waals surface area contributed by atoms with E-state index in [-0.39, 0.29) is 0 Å². The molecule has 7 aromatic carbocycles. The van der Waals surface area contributed by atoms with Crippen LogP contribution in [0, 0.1) is 6.92 Å². The second-order valence-corrected chi connectivity index (χ2v) is 10.8. The number of hydrogen-bond acceptors (Lipinski definition) is 0. The van der Waals surface area contributed by atoms with Crippen LogP contribution in [0.1, 0.15) is 5.56 Å². The Labute approximate surface area is 233 Å². The second-order valence-electron chi connectivity index (χ2n) is 10.8. The van der Waals surface area contributed by atoms with Gasteiger partial charge in [-0.1, -0.05) is 109 Å². The summed E-state index contributed by atoms with van der Waals surface area (Å²) in [5.41, 5.74) is 9.90. The van der Waals surface area contributed by atoms with E-state index in [0.29, 0.717) is 0 Å². The summed E-state index contributed by atoms with van der Waals surface area (Å²) in [6.45, 7) is 2.14. The van der Waals surface area contributed by atoms with E-state index in [2.05, 4.69) is 157 Å². The van der Waals surface area contributed by atoms with Crippen molar-refractivity contribution in [3.8, 4) is 27.9 Å². The summed E-state index contributed by atoms with van der Waals surface area (Å²) in [6.07, 6.45) is 0. The van der Waals surface area contributed by atoms with Gasteiger partial charge in [-0.05, 0) is 93.2 Å². The molecule has 188 valence electrons. The number of para-hydroxylation sites is 2. The third-order valence-electron chi connectivity index (χ3n) is 8.21. The van der Waals surface area contributed by atoms with Gasteiger partial charge in [0.2, 0.25) is 0 Å². The maximum atomic E-state index is 2.37. The monoisotopic (exact) mass is 509 g/mol. The van der Waals surface area contributed by atoms with E-state index in [4.69, 9.17) is 0 Å². The maximum absolute atomic E-state index is 2.37. The third kappa shape index (κ3) is 3.71. The molecule has 8 aromatic rings. The van der Waals surface area contributed by atoms with Gasteiger partial charge in [-0.15, -0.1) is 0 Å². The van der Waals surface area contributed by atoms with Gasteiger partial charge in [0.15, 0.2) is 0 Å². The summed E-state index contributed by atoms with van der Waals surface area (Å²) >= 11 is 0. The lowest BCUT2D eigenvalue weighted by molar-refractivity contribution is 1.18. The molecule has 1 heteroatoms. The number of aromatic nitrogens is 1. The van der Waals surface area contributed by atoms with E-state index >= 15 is 0 Å². The van der Waals surface area contributed by atoms with Crippen molar-refractivity contribution < 1.29 is 0 Å². The first-order chi connectivity index (χ1) is 19.7. The Balaban J connectivity index is 1.14. The molecule has 0 unspecified atom stereocenters. The minimum atomic E-state index is 1.18. The predicted octanol–water partition coefficient (Wildman–Crippen LogP) is 10.7. The fraction of sp³-hybridized carbons (Fsp3) is 0.0256. The number of rotatable bonds is 3. The van der Waals surface area contributed by atoms with Crippen LogP contribution in [0.25, 0.3) is 71.3 Å². The third-order valence-corrected chi connectivity index (χ3v) is 8.21.